The number of rotatable bonds is 0. The number of hydrogen-bond donors (Lipinski definition) is 0. The summed E-state index contributed by atoms with van der Waals surface area (Å²) in [4.78, 5) is 0. The fourth-order valence-electron chi connectivity index (χ4n) is 0. The summed E-state index contributed by atoms with van der Waals surface area (Å²) in [6.07, 6.45) is 0. The predicted octanol–water partition coefficient (Wildman–Crippen LogP) is 0.615. The second-order valence-corrected chi connectivity index (χ2v) is 3.80. The van der Waals surface area contributed by atoms with Gasteiger partial charge in [0.05, 0.1) is 0 Å². The van der Waals surface area contributed by atoms with Gasteiger partial charge < -0.3 is 0 Å². The predicted molar refractivity (Wildman–Crippen MR) is 23.2 cm³/mol. The standard InChI is InChI=1S/B2.2ClH.Zr/c1-2;;;/h;2*1H;/q;;;+2/p-2. The van der Waals surface area contributed by atoms with Crippen molar-refractivity contribution in [3.63, 3.8) is 0 Å². The molecule has 24 valence electrons. The Morgan fingerprint density at radius 3 is 1.20 bits per heavy atom. The molecular formula is B2Cl2Zr. The van der Waals surface area contributed by atoms with Gasteiger partial charge in [-0.25, -0.2) is 0 Å². The van der Waals surface area contributed by atoms with Crippen LogP contribution in [0.1, 0.15) is 0 Å². The van der Waals surface area contributed by atoms with Crippen LogP contribution in [-0.4, -0.2) is 15.5 Å². The van der Waals surface area contributed by atoms with Gasteiger partial charge >= 0.3 is 37.9 Å². The molecule has 5 heavy (non-hydrogen) atoms. The molecule has 0 nitrogen and oxygen atoms in total. The second-order valence-electron chi connectivity index (χ2n) is 0.0714. The molecule has 0 N–H and O–H groups in total. The van der Waals surface area contributed by atoms with E-state index in [0.717, 1.165) is 0 Å². The topological polar surface area (TPSA) is 0 Å². The fourth-order valence-corrected chi connectivity index (χ4v) is 0. The fraction of sp³-hybridized carbons (Fsp3) is 0. The zero-order valence-corrected chi connectivity index (χ0v) is 6.38. The van der Waals surface area contributed by atoms with Gasteiger partial charge in [0.1, 0.15) is 0 Å². The Kier molecular flexibility index (Phi) is 34.3. The van der Waals surface area contributed by atoms with Crippen LogP contribution in [-0.2, 0) is 20.8 Å². The van der Waals surface area contributed by atoms with Crippen LogP contribution in [0.4, 0.5) is 0 Å². The van der Waals surface area contributed by atoms with Crippen LogP contribution in [0.3, 0.4) is 0 Å². The molecule has 0 aliphatic carbocycles. The molecule has 0 rings (SSSR count). The van der Waals surface area contributed by atoms with Crippen LogP contribution < -0.4 is 0 Å². The zero-order valence-electron chi connectivity index (χ0n) is 2.41. The van der Waals surface area contributed by atoms with Gasteiger partial charge in [-0.1, -0.05) is 0 Å². The van der Waals surface area contributed by atoms with Gasteiger partial charge in [0, 0.05) is 15.5 Å². The van der Waals surface area contributed by atoms with E-state index in [0.29, 0.717) is 0 Å². The summed E-state index contributed by atoms with van der Waals surface area (Å²) in [5, 5.41) is 0. The third-order valence-electron chi connectivity index (χ3n) is 0. The van der Waals surface area contributed by atoms with Crippen molar-refractivity contribution < 1.29 is 20.8 Å². The van der Waals surface area contributed by atoms with Gasteiger partial charge in [-0.3, -0.25) is 0 Å². The first kappa shape index (κ1) is 9.78. The van der Waals surface area contributed by atoms with Crippen molar-refractivity contribution in [2.24, 2.45) is 0 Å². The first-order valence-electron chi connectivity index (χ1n) is 0.711. The van der Waals surface area contributed by atoms with E-state index in [2.05, 4.69) is 15.5 Å². The molecule has 0 aliphatic heterocycles. The number of halogens is 2. The summed E-state index contributed by atoms with van der Waals surface area (Å²) < 4.78 is 0. The Morgan fingerprint density at radius 1 is 1.20 bits per heavy atom. The molecular weight excluding hydrogens is 184 g/mol. The van der Waals surface area contributed by atoms with Gasteiger partial charge in [-0.15, -0.1) is 0 Å². The van der Waals surface area contributed by atoms with Crippen LogP contribution in [0.5, 0.6) is 0 Å². The molecule has 0 fully saturated rings. The first-order valence-corrected chi connectivity index (χ1v) is 7.04. The van der Waals surface area contributed by atoms with Gasteiger partial charge in [0.2, 0.25) is 0 Å². The van der Waals surface area contributed by atoms with E-state index in [9.17, 15) is 0 Å². The normalized spacial score (nSPS) is 3.60. The molecule has 0 aliphatic rings. The van der Waals surface area contributed by atoms with Gasteiger partial charge in [-0.2, -0.15) is 0 Å². The molecule has 0 aromatic rings. The van der Waals surface area contributed by atoms with Crippen molar-refractivity contribution in [3.8, 4) is 0 Å². The van der Waals surface area contributed by atoms with Crippen molar-refractivity contribution in [1.29, 1.82) is 0 Å². The summed E-state index contributed by atoms with van der Waals surface area (Å²) in [5.74, 6) is 0. The maximum absolute atomic E-state index is 4.93. The summed E-state index contributed by atoms with van der Waals surface area (Å²) >= 11 is -0.826. The van der Waals surface area contributed by atoms with E-state index < -0.39 is 20.8 Å². The minimum absolute atomic E-state index is 0.826. The molecule has 0 amide bonds. The van der Waals surface area contributed by atoms with Crippen LogP contribution in [0.2, 0.25) is 0 Å². The zero-order chi connectivity index (χ0) is 4.71. The minimum atomic E-state index is -0.826. The van der Waals surface area contributed by atoms with Crippen molar-refractivity contribution in [2.75, 3.05) is 0 Å². The van der Waals surface area contributed by atoms with Crippen LogP contribution in [0.15, 0.2) is 0 Å². The molecule has 0 aromatic heterocycles. The van der Waals surface area contributed by atoms with E-state index in [1.807, 2.05) is 0 Å². The third kappa shape index (κ3) is 28.5. The van der Waals surface area contributed by atoms with Crippen molar-refractivity contribution in [1.82, 2.24) is 0 Å². The van der Waals surface area contributed by atoms with Crippen LogP contribution >= 0.6 is 17.0 Å². The van der Waals surface area contributed by atoms with Gasteiger partial charge in [0.25, 0.3) is 0 Å². The number of hydrogen-bond acceptors (Lipinski definition) is 0. The van der Waals surface area contributed by atoms with E-state index in [1.165, 1.54) is 0 Å². The molecule has 0 saturated carbocycles. The Morgan fingerprint density at radius 2 is 1.20 bits per heavy atom. The van der Waals surface area contributed by atoms with Crippen molar-refractivity contribution in [3.05, 3.63) is 0 Å². The quantitative estimate of drug-likeness (QED) is 0.483. The molecule has 0 aromatic carbocycles. The summed E-state index contributed by atoms with van der Waals surface area (Å²) in [6, 6.07) is 0. The summed E-state index contributed by atoms with van der Waals surface area (Å²) in [6.45, 7) is 0. The molecule has 4 radical (unpaired) electrons. The Balaban J connectivity index is 0. The van der Waals surface area contributed by atoms with E-state index >= 15 is 0 Å². The molecule has 0 bridgehead atoms. The summed E-state index contributed by atoms with van der Waals surface area (Å²) in [7, 11) is 17.9. The third-order valence-corrected chi connectivity index (χ3v) is 0. The molecule has 0 unspecified atom stereocenters. The monoisotopic (exact) mass is 182 g/mol. The van der Waals surface area contributed by atoms with Crippen LogP contribution in [0, 0.1) is 0 Å². The van der Waals surface area contributed by atoms with Crippen molar-refractivity contribution >= 4 is 32.5 Å². The molecule has 0 heterocycles. The molecule has 0 atom stereocenters. The maximum atomic E-state index is 4.93. The van der Waals surface area contributed by atoms with Crippen LogP contribution in [0.25, 0.3) is 0 Å². The Bertz CT molecular complexity index is 7.61. The van der Waals surface area contributed by atoms with E-state index in [4.69, 9.17) is 17.0 Å². The van der Waals surface area contributed by atoms with E-state index in [1.54, 1.807) is 0 Å². The Labute approximate surface area is 53.1 Å². The first-order chi connectivity index (χ1) is 2.41. The Hall–Kier alpha value is 1.59. The van der Waals surface area contributed by atoms with Gasteiger partial charge in [-0.05, 0) is 0 Å². The second kappa shape index (κ2) is 17.5. The molecule has 0 saturated heterocycles. The molecule has 0 spiro atoms. The van der Waals surface area contributed by atoms with E-state index in [-0.39, 0.29) is 0 Å². The average molecular weight is 184 g/mol. The SMILES string of the molecule is [B][B].[Cl][Zr][Cl]. The average Bonchev–Trinajstić information content (AvgIpc) is 1.46. The van der Waals surface area contributed by atoms with Gasteiger partial charge in [0.15, 0.2) is 0 Å². The van der Waals surface area contributed by atoms with Crippen molar-refractivity contribution in [2.45, 2.75) is 0 Å². The summed E-state index contributed by atoms with van der Waals surface area (Å²) in [5.41, 5.74) is 0. The molecule has 5 heteroatoms.